The Labute approximate surface area is 188 Å². The van der Waals surface area contributed by atoms with Crippen LogP contribution >= 0.6 is 0 Å². The Morgan fingerprint density at radius 3 is 2.75 bits per heavy atom. The number of para-hydroxylation sites is 2. The number of carbonyl (C=O) groups excluding carboxylic acids is 1. The van der Waals surface area contributed by atoms with Gasteiger partial charge in [0, 0.05) is 18.9 Å². The fraction of sp³-hybridized carbons (Fsp3) is 0.280. The van der Waals surface area contributed by atoms with E-state index in [1.807, 2.05) is 36.4 Å². The van der Waals surface area contributed by atoms with E-state index in [0.29, 0.717) is 17.3 Å². The van der Waals surface area contributed by atoms with Crippen LogP contribution in [0.5, 0.6) is 5.75 Å². The molecule has 2 aromatic carbocycles. The van der Waals surface area contributed by atoms with Crippen molar-refractivity contribution in [3.8, 4) is 17.6 Å². The van der Waals surface area contributed by atoms with Crippen molar-refractivity contribution in [1.82, 2.24) is 20.6 Å². The number of aromatic nitrogens is 4. The van der Waals surface area contributed by atoms with Crippen molar-refractivity contribution in [3.63, 3.8) is 0 Å². The van der Waals surface area contributed by atoms with Crippen molar-refractivity contribution in [3.05, 3.63) is 71.6 Å². The molecule has 0 aliphatic carbocycles. The van der Waals surface area contributed by atoms with Gasteiger partial charge in [-0.25, -0.2) is 5.10 Å². The van der Waals surface area contributed by atoms with Gasteiger partial charge in [0.25, 0.3) is 0 Å². The summed E-state index contributed by atoms with van der Waals surface area (Å²) in [6.45, 7) is 2.37. The first-order valence-electron chi connectivity index (χ1n) is 10.7. The van der Waals surface area contributed by atoms with Crippen molar-refractivity contribution in [2.75, 3.05) is 5.32 Å². The standard InChI is InChI=1S/C25H27N5O2/c1-2-3-4-5-6-7-10-20-13-15-21(16-14-20)17-18-25(31)26-22-11-8-9-12-23(22)32-19-24-27-29-30-28-24/h8-9,11-18H,2-5,10,19H2,1H3,(H,26,31)(H,27,28,29,30)/b18-17+. The van der Waals surface area contributed by atoms with E-state index in [9.17, 15) is 4.79 Å². The van der Waals surface area contributed by atoms with Crippen molar-refractivity contribution in [2.45, 2.75) is 45.6 Å². The zero-order chi connectivity index (χ0) is 22.4. The second-order valence-electron chi connectivity index (χ2n) is 7.18. The predicted molar refractivity (Wildman–Crippen MR) is 125 cm³/mol. The smallest absolute Gasteiger partial charge is 0.248 e. The number of nitrogens with zero attached hydrogens (tertiary/aromatic N) is 3. The first kappa shape index (κ1) is 22.8. The Kier molecular flexibility index (Phi) is 9.03. The van der Waals surface area contributed by atoms with Gasteiger partial charge in [0.2, 0.25) is 5.91 Å². The highest BCUT2D eigenvalue weighted by molar-refractivity contribution is 6.02. The molecule has 7 nitrogen and oxygen atoms in total. The average Bonchev–Trinajstić information content (AvgIpc) is 3.34. The van der Waals surface area contributed by atoms with E-state index in [0.717, 1.165) is 18.4 Å². The molecule has 1 heterocycles. The fourth-order valence-electron chi connectivity index (χ4n) is 2.89. The summed E-state index contributed by atoms with van der Waals surface area (Å²) < 4.78 is 5.69. The molecule has 3 aromatic rings. The van der Waals surface area contributed by atoms with Gasteiger partial charge in [0.15, 0.2) is 5.82 Å². The lowest BCUT2D eigenvalue weighted by Crippen LogP contribution is -2.09. The average molecular weight is 430 g/mol. The number of hydrogen-bond donors (Lipinski definition) is 2. The third kappa shape index (κ3) is 7.73. The topological polar surface area (TPSA) is 92.8 Å². The fourth-order valence-corrected chi connectivity index (χ4v) is 2.89. The van der Waals surface area contributed by atoms with Crippen molar-refractivity contribution in [1.29, 1.82) is 0 Å². The number of benzene rings is 2. The molecule has 0 radical (unpaired) electrons. The molecule has 3 rings (SSSR count). The molecule has 0 aliphatic heterocycles. The predicted octanol–water partition coefficient (Wildman–Crippen LogP) is 4.56. The Bertz CT molecular complexity index is 1060. The van der Waals surface area contributed by atoms with Crippen LogP contribution in [0.4, 0.5) is 5.69 Å². The van der Waals surface area contributed by atoms with Gasteiger partial charge in [0.05, 0.1) is 5.69 Å². The Balaban J connectivity index is 1.50. The van der Waals surface area contributed by atoms with Gasteiger partial charge in [-0.1, -0.05) is 62.1 Å². The summed E-state index contributed by atoms with van der Waals surface area (Å²) in [5.74, 6) is 7.24. The second kappa shape index (κ2) is 12.7. The SMILES string of the molecule is CCCCCC#CCc1ccc(/C=C/C(=O)Nc2ccccc2OCc2nnn[nH]2)cc1. The van der Waals surface area contributed by atoms with Crippen LogP contribution in [-0.4, -0.2) is 26.5 Å². The summed E-state index contributed by atoms with van der Waals surface area (Å²) in [6.07, 6.45) is 8.62. The molecule has 0 fully saturated rings. The monoisotopic (exact) mass is 429 g/mol. The normalized spacial score (nSPS) is 10.5. The van der Waals surface area contributed by atoms with Crippen molar-refractivity contribution in [2.24, 2.45) is 0 Å². The lowest BCUT2D eigenvalue weighted by molar-refractivity contribution is -0.111. The zero-order valence-electron chi connectivity index (χ0n) is 18.2. The highest BCUT2D eigenvalue weighted by atomic mass is 16.5. The number of unbranched alkanes of at least 4 members (excludes halogenated alkanes) is 3. The van der Waals surface area contributed by atoms with E-state index >= 15 is 0 Å². The molecule has 0 saturated carbocycles. The van der Waals surface area contributed by atoms with Crippen molar-refractivity contribution < 1.29 is 9.53 Å². The van der Waals surface area contributed by atoms with E-state index in [1.165, 1.54) is 30.9 Å². The first-order chi connectivity index (χ1) is 15.7. The number of tetrazole rings is 1. The van der Waals surface area contributed by atoms with Crippen molar-refractivity contribution >= 4 is 17.7 Å². The van der Waals surface area contributed by atoms with Gasteiger partial charge in [-0.05, 0) is 46.2 Å². The summed E-state index contributed by atoms with van der Waals surface area (Å²) in [4.78, 5) is 12.4. The molecule has 32 heavy (non-hydrogen) atoms. The van der Waals surface area contributed by atoms with Crippen LogP contribution in [0.3, 0.4) is 0 Å². The van der Waals surface area contributed by atoms with Crippen LogP contribution < -0.4 is 10.1 Å². The molecule has 0 atom stereocenters. The van der Waals surface area contributed by atoms with E-state index < -0.39 is 0 Å². The molecule has 2 N–H and O–H groups in total. The maximum absolute atomic E-state index is 12.4. The highest BCUT2D eigenvalue weighted by Crippen LogP contribution is 2.24. The Hall–Kier alpha value is -3.92. The van der Waals surface area contributed by atoms with Crippen LogP contribution in [0.1, 0.15) is 49.6 Å². The van der Waals surface area contributed by atoms with Crippen LogP contribution in [-0.2, 0) is 17.8 Å². The number of rotatable bonds is 10. The minimum atomic E-state index is -0.246. The van der Waals surface area contributed by atoms with Gasteiger partial charge in [-0.15, -0.1) is 11.0 Å². The Morgan fingerprint density at radius 2 is 1.97 bits per heavy atom. The maximum atomic E-state index is 12.4. The number of aromatic amines is 1. The largest absolute Gasteiger partial charge is 0.483 e. The highest BCUT2D eigenvalue weighted by Gasteiger charge is 2.07. The van der Waals surface area contributed by atoms with Gasteiger partial charge < -0.3 is 10.1 Å². The summed E-state index contributed by atoms with van der Waals surface area (Å²) in [5, 5.41) is 16.3. The molecule has 0 spiro atoms. The van der Waals surface area contributed by atoms with Gasteiger partial charge in [-0.2, -0.15) is 0 Å². The molecule has 0 aliphatic rings. The Morgan fingerprint density at radius 1 is 1.12 bits per heavy atom. The van der Waals surface area contributed by atoms with Crippen LogP contribution in [0, 0.1) is 11.8 Å². The zero-order valence-corrected chi connectivity index (χ0v) is 18.2. The summed E-state index contributed by atoms with van der Waals surface area (Å²) in [5.41, 5.74) is 2.69. The molecular formula is C25H27N5O2. The number of anilines is 1. The molecule has 0 bridgehead atoms. The summed E-state index contributed by atoms with van der Waals surface area (Å²) in [6, 6.07) is 15.3. The molecular weight excluding hydrogens is 402 g/mol. The lowest BCUT2D eigenvalue weighted by atomic mass is 10.1. The van der Waals surface area contributed by atoms with Gasteiger partial charge >= 0.3 is 0 Å². The molecule has 0 unspecified atom stereocenters. The molecule has 1 amide bonds. The third-order valence-electron chi connectivity index (χ3n) is 4.63. The minimum absolute atomic E-state index is 0.172. The van der Waals surface area contributed by atoms with Crippen LogP contribution in [0.2, 0.25) is 0 Å². The molecule has 164 valence electrons. The van der Waals surface area contributed by atoms with Gasteiger partial charge in [0.1, 0.15) is 12.4 Å². The van der Waals surface area contributed by atoms with E-state index in [4.69, 9.17) is 4.74 Å². The molecule has 1 aromatic heterocycles. The number of ether oxygens (including phenoxy) is 1. The van der Waals surface area contributed by atoms with E-state index in [-0.39, 0.29) is 12.5 Å². The number of H-pyrrole nitrogens is 1. The van der Waals surface area contributed by atoms with E-state index in [2.05, 4.69) is 44.7 Å². The molecule has 0 saturated heterocycles. The van der Waals surface area contributed by atoms with E-state index in [1.54, 1.807) is 18.2 Å². The maximum Gasteiger partial charge on any atom is 0.248 e. The summed E-state index contributed by atoms with van der Waals surface area (Å²) >= 11 is 0. The van der Waals surface area contributed by atoms with Crippen LogP contribution in [0.25, 0.3) is 6.08 Å². The number of carbonyl (C=O) groups is 1. The third-order valence-corrected chi connectivity index (χ3v) is 4.63. The van der Waals surface area contributed by atoms with Gasteiger partial charge in [-0.3, -0.25) is 4.79 Å². The summed E-state index contributed by atoms with van der Waals surface area (Å²) in [7, 11) is 0. The number of nitrogens with one attached hydrogen (secondary N) is 2. The lowest BCUT2D eigenvalue weighted by Gasteiger charge is -2.10. The number of amides is 1. The number of hydrogen-bond acceptors (Lipinski definition) is 5. The molecule has 7 heteroatoms. The second-order valence-corrected chi connectivity index (χ2v) is 7.18. The van der Waals surface area contributed by atoms with Crippen LogP contribution in [0.15, 0.2) is 54.6 Å². The first-order valence-corrected chi connectivity index (χ1v) is 10.7. The minimum Gasteiger partial charge on any atom is -0.483 e. The quantitative estimate of drug-likeness (QED) is 0.280.